The molecule has 7 nitrogen and oxygen atoms in total. The van der Waals surface area contributed by atoms with Crippen LogP contribution in [0.1, 0.15) is 22.6 Å². The fourth-order valence-corrected chi connectivity index (χ4v) is 4.13. The van der Waals surface area contributed by atoms with E-state index in [1.54, 1.807) is 18.3 Å². The summed E-state index contributed by atoms with van der Waals surface area (Å²) in [6, 6.07) is 18.4. The van der Waals surface area contributed by atoms with E-state index < -0.39 is 18.1 Å². The van der Waals surface area contributed by atoms with Gasteiger partial charge >= 0.3 is 12.1 Å². The SMILES string of the molecule is COc1cc(CC(C(=O)O)N(C)C(=O)OCC2c3ccccc3-c3ccccc32)ccn1. The maximum absolute atomic E-state index is 12.8. The van der Waals surface area contributed by atoms with Crippen molar-refractivity contribution >= 4 is 12.1 Å². The van der Waals surface area contributed by atoms with Crippen molar-refractivity contribution in [3.8, 4) is 17.0 Å². The van der Waals surface area contributed by atoms with Crippen LogP contribution in [0.2, 0.25) is 0 Å². The minimum Gasteiger partial charge on any atom is -0.481 e. The number of hydrogen-bond donors (Lipinski definition) is 1. The number of amides is 1. The lowest BCUT2D eigenvalue weighted by Gasteiger charge is -2.25. The van der Waals surface area contributed by atoms with Crippen molar-refractivity contribution in [1.29, 1.82) is 0 Å². The smallest absolute Gasteiger partial charge is 0.410 e. The van der Waals surface area contributed by atoms with E-state index >= 15 is 0 Å². The number of benzene rings is 2. The van der Waals surface area contributed by atoms with Crippen LogP contribution in [-0.4, -0.2) is 53.9 Å². The highest BCUT2D eigenvalue weighted by atomic mass is 16.6. The molecule has 0 saturated carbocycles. The van der Waals surface area contributed by atoms with Gasteiger partial charge in [0, 0.05) is 31.6 Å². The average molecular weight is 432 g/mol. The van der Waals surface area contributed by atoms with Gasteiger partial charge in [0.15, 0.2) is 0 Å². The molecular weight excluding hydrogens is 408 g/mol. The Kier molecular flexibility index (Phi) is 6.07. The van der Waals surface area contributed by atoms with E-state index in [2.05, 4.69) is 17.1 Å². The van der Waals surface area contributed by atoms with E-state index in [1.165, 1.54) is 14.2 Å². The first-order chi connectivity index (χ1) is 15.5. The standard InChI is InChI=1S/C25H24N2O5/c1-27(22(24(28)29)13-16-11-12-26-23(14-16)31-2)25(30)32-15-21-19-9-5-3-7-17(19)18-8-4-6-10-20(18)21/h3-12,14,21-22H,13,15H2,1-2H3,(H,28,29). The van der Waals surface area contributed by atoms with Crippen molar-refractivity contribution in [2.75, 3.05) is 20.8 Å². The third-order valence-electron chi connectivity index (χ3n) is 5.81. The third kappa shape index (κ3) is 4.14. The van der Waals surface area contributed by atoms with Gasteiger partial charge in [-0.25, -0.2) is 14.6 Å². The number of carbonyl (C=O) groups excluding carboxylic acids is 1. The van der Waals surface area contributed by atoms with Crippen molar-refractivity contribution in [2.45, 2.75) is 18.4 Å². The summed E-state index contributed by atoms with van der Waals surface area (Å²) in [4.78, 5) is 29.8. The number of rotatable bonds is 7. The predicted molar refractivity (Wildman–Crippen MR) is 119 cm³/mol. The van der Waals surface area contributed by atoms with Gasteiger partial charge in [-0.15, -0.1) is 0 Å². The minimum absolute atomic E-state index is 0.0903. The second-order valence-electron chi connectivity index (χ2n) is 7.68. The summed E-state index contributed by atoms with van der Waals surface area (Å²) in [5.74, 6) is -0.820. The molecule has 1 aliphatic rings. The number of carbonyl (C=O) groups is 2. The zero-order chi connectivity index (χ0) is 22.7. The third-order valence-corrected chi connectivity index (χ3v) is 5.81. The van der Waals surface area contributed by atoms with Gasteiger partial charge < -0.3 is 14.6 Å². The molecule has 1 aromatic heterocycles. The topological polar surface area (TPSA) is 89.0 Å². The molecular formula is C25H24N2O5. The van der Waals surface area contributed by atoms with Crippen LogP contribution >= 0.6 is 0 Å². The lowest BCUT2D eigenvalue weighted by molar-refractivity contribution is -0.142. The molecule has 3 aromatic rings. The fraction of sp³-hybridized carbons (Fsp3) is 0.240. The van der Waals surface area contributed by atoms with Crippen LogP contribution in [0, 0.1) is 0 Å². The molecule has 0 aliphatic heterocycles. The van der Waals surface area contributed by atoms with Crippen molar-refractivity contribution in [3.05, 3.63) is 83.6 Å². The van der Waals surface area contributed by atoms with E-state index in [-0.39, 0.29) is 18.9 Å². The number of carboxylic acid groups (broad SMARTS) is 1. The monoisotopic (exact) mass is 432 g/mol. The number of fused-ring (bicyclic) bond motifs is 3. The molecule has 1 heterocycles. The number of aliphatic carboxylic acids is 1. The summed E-state index contributed by atoms with van der Waals surface area (Å²) in [6.07, 6.45) is 0.968. The second kappa shape index (κ2) is 9.09. The van der Waals surface area contributed by atoms with Crippen LogP contribution in [0.5, 0.6) is 5.88 Å². The van der Waals surface area contributed by atoms with Gasteiger partial charge in [0.2, 0.25) is 5.88 Å². The summed E-state index contributed by atoms with van der Waals surface area (Å²) >= 11 is 0. The molecule has 1 atom stereocenters. The van der Waals surface area contributed by atoms with Crippen molar-refractivity contribution < 1.29 is 24.2 Å². The van der Waals surface area contributed by atoms with Crippen LogP contribution in [-0.2, 0) is 16.0 Å². The van der Waals surface area contributed by atoms with Gasteiger partial charge in [0.25, 0.3) is 0 Å². The normalized spacial score (nSPS) is 13.1. The molecule has 0 saturated heterocycles. The summed E-state index contributed by atoms with van der Waals surface area (Å²) < 4.78 is 10.7. The highest BCUT2D eigenvalue weighted by Crippen LogP contribution is 2.44. The maximum Gasteiger partial charge on any atom is 0.410 e. The van der Waals surface area contributed by atoms with E-state index in [9.17, 15) is 14.7 Å². The molecule has 0 fully saturated rings. The lowest BCUT2D eigenvalue weighted by atomic mass is 9.98. The van der Waals surface area contributed by atoms with Crippen LogP contribution in [0.15, 0.2) is 66.9 Å². The Morgan fingerprint density at radius 1 is 1.06 bits per heavy atom. The largest absolute Gasteiger partial charge is 0.481 e. The molecule has 2 aromatic carbocycles. The molecule has 0 spiro atoms. The number of aromatic nitrogens is 1. The summed E-state index contributed by atoms with van der Waals surface area (Å²) in [5, 5.41) is 9.72. The average Bonchev–Trinajstić information content (AvgIpc) is 3.14. The number of pyridine rings is 1. The van der Waals surface area contributed by atoms with E-state index in [0.29, 0.717) is 11.4 Å². The van der Waals surface area contributed by atoms with Gasteiger partial charge in [0.1, 0.15) is 12.6 Å². The van der Waals surface area contributed by atoms with Crippen molar-refractivity contribution in [3.63, 3.8) is 0 Å². The first-order valence-corrected chi connectivity index (χ1v) is 10.3. The van der Waals surface area contributed by atoms with Gasteiger partial charge in [-0.05, 0) is 33.9 Å². The van der Waals surface area contributed by atoms with Gasteiger partial charge in [-0.1, -0.05) is 48.5 Å². The van der Waals surface area contributed by atoms with E-state index in [1.807, 2.05) is 36.4 Å². The van der Waals surface area contributed by atoms with Crippen LogP contribution < -0.4 is 4.74 Å². The maximum atomic E-state index is 12.8. The zero-order valence-electron chi connectivity index (χ0n) is 17.9. The van der Waals surface area contributed by atoms with Crippen molar-refractivity contribution in [1.82, 2.24) is 9.88 Å². The number of nitrogens with zero attached hydrogens (tertiary/aromatic N) is 2. The first-order valence-electron chi connectivity index (χ1n) is 10.3. The summed E-state index contributed by atoms with van der Waals surface area (Å²) in [5.41, 5.74) is 5.16. The Morgan fingerprint density at radius 2 is 1.69 bits per heavy atom. The Bertz CT molecular complexity index is 1100. The summed E-state index contributed by atoms with van der Waals surface area (Å²) in [6.45, 7) is 0.132. The van der Waals surface area contributed by atoms with Crippen LogP contribution in [0.3, 0.4) is 0 Å². The number of methoxy groups -OCH3 is 1. The van der Waals surface area contributed by atoms with Gasteiger partial charge in [-0.2, -0.15) is 0 Å². The number of likely N-dealkylation sites (N-methyl/N-ethyl adjacent to an activating group) is 1. The first kappa shape index (κ1) is 21.4. The van der Waals surface area contributed by atoms with E-state index in [4.69, 9.17) is 9.47 Å². The molecule has 1 amide bonds. The molecule has 4 rings (SSSR count). The fourth-order valence-electron chi connectivity index (χ4n) is 4.13. The zero-order valence-corrected chi connectivity index (χ0v) is 17.9. The Hall–Kier alpha value is -3.87. The molecule has 0 bridgehead atoms. The Balaban J connectivity index is 1.47. The van der Waals surface area contributed by atoms with Gasteiger partial charge in [-0.3, -0.25) is 4.90 Å². The molecule has 1 aliphatic carbocycles. The van der Waals surface area contributed by atoms with Crippen LogP contribution in [0.4, 0.5) is 4.79 Å². The quantitative estimate of drug-likeness (QED) is 0.608. The number of ether oxygens (including phenoxy) is 2. The highest BCUT2D eigenvalue weighted by Gasteiger charge is 2.32. The molecule has 1 unspecified atom stereocenters. The number of carboxylic acids is 1. The molecule has 164 valence electrons. The predicted octanol–water partition coefficient (Wildman–Crippen LogP) is 3.97. The molecule has 7 heteroatoms. The molecule has 32 heavy (non-hydrogen) atoms. The second-order valence-corrected chi connectivity index (χ2v) is 7.68. The van der Waals surface area contributed by atoms with Crippen LogP contribution in [0.25, 0.3) is 11.1 Å². The Morgan fingerprint density at radius 3 is 2.28 bits per heavy atom. The number of hydrogen-bond acceptors (Lipinski definition) is 5. The highest BCUT2D eigenvalue weighted by molar-refractivity contribution is 5.81. The molecule has 1 N–H and O–H groups in total. The minimum atomic E-state index is -1.11. The molecule has 0 radical (unpaired) electrons. The summed E-state index contributed by atoms with van der Waals surface area (Å²) in [7, 11) is 2.93. The lowest BCUT2D eigenvalue weighted by Crippen LogP contribution is -2.44. The van der Waals surface area contributed by atoms with Crippen molar-refractivity contribution in [2.24, 2.45) is 0 Å². The van der Waals surface area contributed by atoms with Gasteiger partial charge in [0.05, 0.1) is 7.11 Å². The van der Waals surface area contributed by atoms with E-state index in [0.717, 1.165) is 27.2 Å². The Labute approximate surface area is 186 Å².